The van der Waals surface area contributed by atoms with E-state index in [4.69, 9.17) is 5.11 Å². The molecule has 0 aliphatic heterocycles. The third-order valence-electron chi connectivity index (χ3n) is 3.14. The number of urea groups is 1. The summed E-state index contributed by atoms with van der Waals surface area (Å²) in [6, 6.07) is 1.75. The first kappa shape index (κ1) is 15.1. The van der Waals surface area contributed by atoms with E-state index in [1.165, 1.54) is 18.3 Å². The standard InChI is InChI=1S/C12H12F3N3O3/c13-12(14,15)11(3-4-11)18-10(21)17-6-7-1-2-8(9(19)20)16-5-7/h1-2,5H,3-4,6H2,(H,19,20)(H2,17,18,21). The molecular formula is C12H12F3N3O3. The van der Waals surface area contributed by atoms with Gasteiger partial charge in [-0.1, -0.05) is 6.07 Å². The fourth-order valence-electron chi connectivity index (χ4n) is 1.70. The minimum absolute atomic E-state index is 0.0489. The summed E-state index contributed by atoms with van der Waals surface area (Å²) in [7, 11) is 0. The second kappa shape index (κ2) is 5.23. The summed E-state index contributed by atoms with van der Waals surface area (Å²) in [5.74, 6) is -1.19. The van der Waals surface area contributed by atoms with Gasteiger partial charge >= 0.3 is 18.2 Å². The summed E-state index contributed by atoms with van der Waals surface area (Å²) < 4.78 is 37.9. The van der Waals surface area contributed by atoms with E-state index in [-0.39, 0.29) is 25.1 Å². The largest absolute Gasteiger partial charge is 0.477 e. The summed E-state index contributed by atoms with van der Waals surface area (Å²) in [5, 5.41) is 12.9. The van der Waals surface area contributed by atoms with E-state index in [9.17, 15) is 22.8 Å². The highest BCUT2D eigenvalue weighted by Gasteiger charge is 2.64. The van der Waals surface area contributed by atoms with Gasteiger partial charge in [0.2, 0.25) is 0 Å². The predicted octanol–water partition coefficient (Wildman–Crippen LogP) is 1.67. The molecule has 21 heavy (non-hydrogen) atoms. The number of carbonyl (C=O) groups is 2. The average Bonchev–Trinajstić information content (AvgIpc) is 3.17. The Morgan fingerprint density at radius 3 is 2.43 bits per heavy atom. The number of hydrogen-bond donors (Lipinski definition) is 3. The number of hydrogen-bond acceptors (Lipinski definition) is 3. The zero-order chi connectivity index (χ0) is 15.7. The van der Waals surface area contributed by atoms with Crippen LogP contribution in [0.25, 0.3) is 0 Å². The highest BCUT2D eigenvalue weighted by Crippen LogP contribution is 2.48. The Kier molecular flexibility index (Phi) is 3.75. The molecule has 1 aliphatic carbocycles. The molecule has 9 heteroatoms. The Labute approximate surface area is 117 Å². The summed E-state index contributed by atoms with van der Waals surface area (Å²) in [5.41, 5.74) is -1.79. The van der Waals surface area contributed by atoms with Crippen LogP contribution in [0.2, 0.25) is 0 Å². The van der Waals surface area contributed by atoms with Gasteiger partial charge in [-0.3, -0.25) is 0 Å². The van der Waals surface area contributed by atoms with Crippen molar-refractivity contribution in [1.82, 2.24) is 15.6 Å². The first-order valence-electron chi connectivity index (χ1n) is 6.04. The van der Waals surface area contributed by atoms with Crippen LogP contribution in [0.1, 0.15) is 28.9 Å². The first-order valence-corrected chi connectivity index (χ1v) is 6.04. The van der Waals surface area contributed by atoms with E-state index in [0.717, 1.165) is 0 Å². The molecule has 1 aliphatic rings. The SMILES string of the molecule is O=C(NCc1ccc(C(=O)O)nc1)NC1(C(F)(F)F)CC1. The highest BCUT2D eigenvalue weighted by atomic mass is 19.4. The van der Waals surface area contributed by atoms with E-state index in [1.807, 2.05) is 5.32 Å². The average molecular weight is 303 g/mol. The lowest BCUT2D eigenvalue weighted by molar-refractivity contribution is -0.162. The van der Waals surface area contributed by atoms with Gasteiger partial charge < -0.3 is 15.7 Å². The number of nitrogens with zero attached hydrogens (tertiary/aromatic N) is 1. The van der Waals surface area contributed by atoms with Crippen LogP contribution in [0, 0.1) is 0 Å². The molecule has 0 atom stereocenters. The van der Waals surface area contributed by atoms with Crippen LogP contribution >= 0.6 is 0 Å². The zero-order valence-corrected chi connectivity index (χ0v) is 10.7. The van der Waals surface area contributed by atoms with Gasteiger partial charge in [0, 0.05) is 12.7 Å². The van der Waals surface area contributed by atoms with Crippen molar-refractivity contribution in [2.24, 2.45) is 0 Å². The van der Waals surface area contributed by atoms with Crippen molar-refractivity contribution in [2.75, 3.05) is 0 Å². The molecule has 2 rings (SSSR count). The summed E-state index contributed by atoms with van der Waals surface area (Å²) in [6.45, 7) is -0.0489. The lowest BCUT2D eigenvalue weighted by Crippen LogP contribution is -2.51. The lowest BCUT2D eigenvalue weighted by Gasteiger charge is -2.20. The molecule has 1 fully saturated rings. The molecule has 0 unspecified atom stereocenters. The van der Waals surface area contributed by atoms with Crippen molar-refractivity contribution in [2.45, 2.75) is 31.1 Å². The zero-order valence-electron chi connectivity index (χ0n) is 10.7. The third kappa shape index (κ3) is 3.41. The quantitative estimate of drug-likeness (QED) is 0.789. The molecule has 1 saturated carbocycles. The first-order chi connectivity index (χ1) is 9.73. The van der Waals surface area contributed by atoms with Gasteiger partial charge in [0.1, 0.15) is 11.2 Å². The van der Waals surface area contributed by atoms with Crippen LogP contribution in [0.4, 0.5) is 18.0 Å². The summed E-state index contributed by atoms with van der Waals surface area (Å²) in [6.07, 6.45) is -3.48. The van der Waals surface area contributed by atoms with Gasteiger partial charge in [0.25, 0.3) is 0 Å². The van der Waals surface area contributed by atoms with E-state index < -0.39 is 23.7 Å². The van der Waals surface area contributed by atoms with Gasteiger partial charge in [-0.2, -0.15) is 13.2 Å². The molecule has 6 nitrogen and oxygen atoms in total. The molecule has 114 valence electrons. The van der Waals surface area contributed by atoms with Crippen LogP contribution in [0.5, 0.6) is 0 Å². The molecule has 1 aromatic rings. The topological polar surface area (TPSA) is 91.3 Å². The van der Waals surface area contributed by atoms with Crippen LogP contribution in [0.15, 0.2) is 18.3 Å². The smallest absolute Gasteiger partial charge is 0.411 e. The van der Waals surface area contributed by atoms with Gasteiger partial charge in [0.05, 0.1) is 0 Å². The van der Waals surface area contributed by atoms with Crippen molar-refractivity contribution in [3.05, 3.63) is 29.6 Å². The maximum absolute atomic E-state index is 12.6. The number of alkyl halides is 3. The van der Waals surface area contributed by atoms with E-state index in [2.05, 4.69) is 10.3 Å². The van der Waals surface area contributed by atoms with Gasteiger partial charge in [-0.05, 0) is 24.5 Å². The van der Waals surface area contributed by atoms with Crippen LogP contribution in [-0.2, 0) is 6.54 Å². The number of halogens is 3. The number of aromatic carboxylic acids is 1. The number of carboxylic acid groups (broad SMARTS) is 1. The van der Waals surface area contributed by atoms with Crippen molar-refractivity contribution < 1.29 is 27.9 Å². The van der Waals surface area contributed by atoms with Crippen molar-refractivity contribution in [1.29, 1.82) is 0 Å². The number of rotatable bonds is 4. The van der Waals surface area contributed by atoms with E-state index in [0.29, 0.717) is 5.56 Å². The second-order valence-electron chi connectivity index (χ2n) is 4.74. The van der Waals surface area contributed by atoms with Crippen LogP contribution in [0.3, 0.4) is 0 Å². The number of nitrogens with one attached hydrogen (secondary N) is 2. The monoisotopic (exact) mass is 303 g/mol. The van der Waals surface area contributed by atoms with Crippen LogP contribution in [-0.4, -0.2) is 33.8 Å². The molecule has 2 amide bonds. The molecule has 0 saturated heterocycles. The molecule has 3 N–H and O–H groups in total. The molecule has 0 bridgehead atoms. The Morgan fingerprint density at radius 2 is 2.00 bits per heavy atom. The molecular weight excluding hydrogens is 291 g/mol. The Morgan fingerprint density at radius 1 is 1.33 bits per heavy atom. The van der Waals surface area contributed by atoms with Crippen molar-refractivity contribution in [3.8, 4) is 0 Å². The number of amides is 2. The van der Waals surface area contributed by atoms with Crippen molar-refractivity contribution in [3.63, 3.8) is 0 Å². The normalized spacial score (nSPS) is 16.1. The number of carbonyl (C=O) groups excluding carboxylic acids is 1. The van der Waals surface area contributed by atoms with Gasteiger partial charge in [0.15, 0.2) is 0 Å². The molecule has 0 aromatic carbocycles. The Balaban J connectivity index is 1.86. The summed E-state index contributed by atoms with van der Waals surface area (Å²) in [4.78, 5) is 25.7. The van der Waals surface area contributed by atoms with Gasteiger partial charge in [-0.25, -0.2) is 14.6 Å². The molecule has 1 heterocycles. The minimum atomic E-state index is -4.46. The third-order valence-corrected chi connectivity index (χ3v) is 3.14. The highest BCUT2D eigenvalue weighted by molar-refractivity contribution is 5.85. The Hall–Kier alpha value is -2.32. The minimum Gasteiger partial charge on any atom is -0.477 e. The summed E-state index contributed by atoms with van der Waals surface area (Å²) >= 11 is 0. The number of pyridine rings is 1. The molecule has 0 spiro atoms. The molecule has 1 aromatic heterocycles. The lowest BCUT2D eigenvalue weighted by atomic mass is 10.2. The van der Waals surface area contributed by atoms with Crippen molar-refractivity contribution >= 4 is 12.0 Å². The maximum atomic E-state index is 12.6. The predicted molar refractivity (Wildman–Crippen MR) is 64.6 cm³/mol. The molecule has 0 radical (unpaired) electrons. The van der Waals surface area contributed by atoms with E-state index in [1.54, 1.807) is 0 Å². The Bertz CT molecular complexity index is 553. The maximum Gasteiger partial charge on any atom is 0.411 e. The number of carboxylic acids is 1. The van der Waals surface area contributed by atoms with Gasteiger partial charge in [-0.15, -0.1) is 0 Å². The van der Waals surface area contributed by atoms with Crippen LogP contribution < -0.4 is 10.6 Å². The fourth-order valence-corrected chi connectivity index (χ4v) is 1.70. The van der Waals surface area contributed by atoms with E-state index >= 15 is 0 Å². The number of aromatic nitrogens is 1. The fraction of sp³-hybridized carbons (Fsp3) is 0.417. The second-order valence-corrected chi connectivity index (χ2v) is 4.74.